The molecule has 0 fully saturated rings. The molecule has 118 valence electrons. The fourth-order valence-corrected chi connectivity index (χ4v) is 4.95. The Hall–Kier alpha value is -1.56. The summed E-state index contributed by atoms with van der Waals surface area (Å²) >= 11 is 3.58. The molecule has 0 N–H and O–H groups in total. The summed E-state index contributed by atoms with van der Waals surface area (Å²) in [6.07, 6.45) is 2.00. The molecular weight excluding hydrogens is 322 g/mol. The van der Waals surface area contributed by atoms with Crippen molar-refractivity contribution in [1.29, 1.82) is 0 Å². The Morgan fingerprint density at radius 3 is 3.00 bits per heavy atom. The lowest BCUT2D eigenvalue weighted by Crippen LogP contribution is -2.25. The van der Waals surface area contributed by atoms with Crippen LogP contribution < -0.4 is 0 Å². The molecule has 0 amide bonds. The van der Waals surface area contributed by atoms with Gasteiger partial charge >= 0.3 is 0 Å². The van der Waals surface area contributed by atoms with Gasteiger partial charge in [0.2, 0.25) is 0 Å². The number of nitrogens with zero attached hydrogens (tertiary/aromatic N) is 3. The first kappa shape index (κ1) is 15.0. The summed E-state index contributed by atoms with van der Waals surface area (Å²) in [5.74, 6) is 0. The number of thiazole rings is 2. The molecule has 0 saturated heterocycles. The molecule has 0 saturated carbocycles. The second-order valence-electron chi connectivity index (χ2n) is 6.14. The average molecular weight is 342 g/mol. The molecule has 0 bridgehead atoms. The Kier molecular flexibility index (Phi) is 4.01. The van der Waals surface area contributed by atoms with Crippen molar-refractivity contribution in [2.75, 3.05) is 13.6 Å². The lowest BCUT2D eigenvalue weighted by atomic mass is 10.1. The van der Waals surface area contributed by atoms with Crippen molar-refractivity contribution in [3.63, 3.8) is 0 Å². The van der Waals surface area contributed by atoms with Crippen molar-refractivity contribution in [3.8, 4) is 10.6 Å². The van der Waals surface area contributed by atoms with Crippen molar-refractivity contribution in [3.05, 3.63) is 56.5 Å². The van der Waals surface area contributed by atoms with Gasteiger partial charge in [-0.2, -0.15) is 0 Å². The van der Waals surface area contributed by atoms with Crippen LogP contribution in [0.15, 0.2) is 29.6 Å². The monoisotopic (exact) mass is 341 g/mol. The maximum Gasteiger partial charge on any atom is 0.123 e. The minimum atomic E-state index is 0.916. The van der Waals surface area contributed by atoms with E-state index in [-0.39, 0.29) is 0 Å². The zero-order valence-electron chi connectivity index (χ0n) is 13.4. The Morgan fingerprint density at radius 2 is 2.17 bits per heavy atom. The van der Waals surface area contributed by atoms with Gasteiger partial charge in [-0.1, -0.05) is 18.2 Å². The highest BCUT2D eigenvalue weighted by atomic mass is 32.1. The third-order valence-electron chi connectivity index (χ3n) is 4.11. The van der Waals surface area contributed by atoms with Crippen LogP contribution in [0.4, 0.5) is 0 Å². The number of hydrogen-bond donors (Lipinski definition) is 0. The Bertz CT molecular complexity index is 834. The highest BCUT2D eigenvalue weighted by Crippen LogP contribution is 2.28. The lowest BCUT2D eigenvalue weighted by molar-refractivity contribution is 0.314. The number of aromatic nitrogens is 2. The minimum absolute atomic E-state index is 0.916. The van der Waals surface area contributed by atoms with Gasteiger partial charge in [-0.05, 0) is 25.6 Å². The van der Waals surface area contributed by atoms with Crippen LogP contribution in [0.3, 0.4) is 0 Å². The molecule has 3 aromatic rings. The Balaban J connectivity index is 1.57. The molecule has 0 spiro atoms. The predicted octanol–water partition coefficient (Wildman–Crippen LogP) is 4.15. The molecule has 0 atom stereocenters. The maximum absolute atomic E-state index is 4.87. The van der Waals surface area contributed by atoms with Crippen LogP contribution in [-0.2, 0) is 19.4 Å². The Labute approximate surface area is 144 Å². The van der Waals surface area contributed by atoms with Gasteiger partial charge < -0.3 is 4.90 Å². The lowest BCUT2D eigenvalue weighted by Gasteiger charge is -2.20. The first-order valence-electron chi connectivity index (χ1n) is 7.85. The minimum Gasteiger partial charge on any atom is -0.301 e. The normalized spacial score (nSPS) is 14.9. The van der Waals surface area contributed by atoms with E-state index in [1.54, 1.807) is 11.3 Å². The predicted molar refractivity (Wildman–Crippen MR) is 97.2 cm³/mol. The SMILES string of the molecule is Cc1csc(-c2cccc(Cc3nc4c(s3)CN(C)CC4)c2)n1. The molecular formula is C18H19N3S2. The van der Waals surface area contributed by atoms with Crippen molar-refractivity contribution < 1.29 is 0 Å². The zero-order chi connectivity index (χ0) is 15.8. The summed E-state index contributed by atoms with van der Waals surface area (Å²) in [5, 5.41) is 4.44. The van der Waals surface area contributed by atoms with Gasteiger partial charge in [-0.25, -0.2) is 9.97 Å². The van der Waals surface area contributed by atoms with Crippen LogP contribution in [0.1, 0.15) is 26.8 Å². The van der Waals surface area contributed by atoms with Crippen LogP contribution in [0.2, 0.25) is 0 Å². The summed E-state index contributed by atoms with van der Waals surface area (Å²) in [5.41, 5.74) is 4.93. The number of benzene rings is 1. The third kappa shape index (κ3) is 3.22. The maximum atomic E-state index is 4.87. The van der Waals surface area contributed by atoms with E-state index in [1.807, 2.05) is 18.3 Å². The number of aryl methyl sites for hydroxylation is 1. The van der Waals surface area contributed by atoms with Gasteiger partial charge in [0.1, 0.15) is 5.01 Å². The smallest absolute Gasteiger partial charge is 0.123 e. The van der Waals surface area contributed by atoms with E-state index >= 15 is 0 Å². The molecule has 0 aliphatic carbocycles. The highest BCUT2D eigenvalue weighted by Gasteiger charge is 2.18. The van der Waals surface area contributed by atoms with Gasteiger partial charge in [-0.15, -0.1) is 22.7 Å². The first-order chi connectivity index (χ1) is 11.2. The molecule has 3 nitrogen and oxygen atoms in total. The zero-order valence-corrected chi connectivity index (χ0v) is 15.0. The molecule has 23 heavy (non-hydrogen) atoms. The van der Waals surface area contributed by atoms with Crippen molar-refractivity contribution in [2.45, 2.75) is 26.3 Å². The van der Waals surface area contributed by atoms with Crippen molar-refractivity contribution in [2.24, 2.45) is 0 Å². The van der Waals surface area contributed by atoms with Crippen LogP contribution >= 0.6 is 22.7 Å². The van der Waals surface area contributed by atoms with Crippen LogP contribution in [0.5, 0.6) is 0 Å². The van der Waals surface area contributed by atoms with Gasteiger partial charge in [0, 0.05) is 47.4 Å². The Morgan fingerprint density at radius 1 is 1.26 bits per heavy atom. The third-order valence-corrected chi connectivity index (χ3v) is 6.21. The van der Waals surface area contributed by atoms with E-state index < -0.39 is 0 Å². The summed E-state index contributed by atoms with van der Waals surface area (Å²) in [6.45, 7) is 4.21. The van der Waals surface area contributed by atoms with Crippen molar-refractivity contribution >= 4 is 22.7 Å². The highest BCUT2D eigenvalue weighted by molar-refractivity contribution is 7.13. The molecule has 0 radical (unpaired) electrons. The first-order valence-corrected chi connectivity index (χ1v) is 9.54. The van der Waals surface area contributed by atoms with E-state index in [9.17, 15) is 0 Å². The van der Waals surface area contributed by atoms with Gasteiger partial charge in [0.05, 0.1) is 10.7 Å². The molecule has 1 aliphatic rings. The molecule has 1 aromatic carbocycles. The second-order valence-corrected chi connectivity index (χ2v) is 8.16. The largest absolute Gasteiger partial charge is 0.301 e. The molecule has 2 aromatic heterocycles. The van der Waals surface area contributed by atoms with Gasteiger partial charge in [0.15, 0.2) is 0 Å². The molecule has 4 rings (SSSR count). The van der Waals surface area contributed by atoms with Crippen LogP contribution in [-0.4, -0.2) is 28.5 Å². The summed E-state index contributed by atoms with van der Waals surface area (Å²) in [4.78, 5) is 13.3. The summed E-state index contributed by atoms with van der Waals surface area (Å²) in [7, 11) is 2.18. The quantitative estimate of drug-likeness (QED) is 0.716. The van der Waals surface area contributed by atoms with E-state index in [0.717, 1.165) is 36.6 Å². The summed E-state index contributed by atoms with van der Waals surface area (Å²) in [6, 6.07) is 8.72. The summed E-state index contributed by atoms with van der Waals surface area (Å²) < 4.78 is 0. The molecule has 0 unspecified atom stereocenters. The van der Waals surface area contributed by atoms with E-state index in [4.69, 9.17) is 4.98 Å². The number of rotatable bonds is 3. The number of fused-ring (bicyclic) bond motifs is 1. The molecule has 5 heteroatoms. The molecule has 1 aliphatic heterocycles. The van der Waals surface area contributed by atoms with Crippen molar-refractivity contribution in [1.82, 2.24) is 14.9 Å². The number of hydrogen-bond acceptors (Lipinski definition) is 5. The van der Waals surface area contributed by atoms with E-state index in [2.05, 4.69) is 46.6 Å². The standard InChI is InChI=1S/C18H19N3S2/c1-12-11-22-18(19-12)14-5-3-4-13(8-14)9-17-20-15-6-7-21(2)10-16(15)23-17/h3-5,8,11H,6-7,9-10H2,1-2H3. The fourth-order valence-electron chi connectivity index (χ4n) is 2.93. The van der Waals surface area contributed by atoms with Gasteiger partial charge in [0.25, 0.3) is 0 Å². The van der Waals surface area contributed by atoms with Crippen LogP contribution in [0.25, 0.3) is 10.6 Å². The van der Waals surface area contributed by atoms with Crippen LogP contribution in [0, 0.1) is 6.92 Å². The van der Waals surface area contributed by atoms with Gasteiger partial charge in [-0.3, -0.25) is 0 Å². The topological polar surface area (TPSA) is 29.0 Å². The molecule has 3 heterocycles. The number of likely N-dealkylation sites (N-methyl/N-ethyl adjacent to an activating group) is 1. The van der Waals surface area contributed by atoms with E-state index in [1.165, 1.54) is 26.7 Å². The second kappa shape index (κ2) is 6.15. The average Bonchev–Trinajstić information content (AvgIpc) is 3.13. The van der Waals surface area contributed by atoms with E-state index in [0.29, 0.717) is 0 Å². The fraction of sp³-hybridized carbons (Fsp3) is 0.333.